The number of hydrogen-bond acceptors (Lipinski definition) is 3. The highest BCUT2D eigenvalue weighted by molar-refractivity contribution is 7.17. The van der Waals surface area contributed by atoms with Crippen LogP contribution in [0.1, 0.15) is 18.5 Å². The average Bonchev–Trinajstić information content (AvgIpc) is 2.46. The van der Waals surface area contributed by atoms with E-state index in [2.05, 4.69) is 5.38 Å². The lowest BCUT2D eigenvalue weighted by atomic mass is 10.1. The fourth-order valence-corrected chi connectivity index (χ4v) is 2.44. The van der Waals surface area contributed by atoms with Crippen LogP contribution in [-0.2, 0) is 0 Å². The Kier molecular flexibility index (Phi) is 1.98. The van der Waals surface area contributed by atoms with Gasteiger partial charge in [-0.05, 0) is 36.1 Å². The van der Waals surface area contributed by atoms with E-state index in [-0.39, 0.29) is 6.04 Å². The smallest absolute Gasteiger partial charge is 0.116 e. The van der Waals surface area contributed by atoms with E-state index < -0.39 is 0 Å². The van der Waals surface area contributed by atoms with Crippen molar-refractivity contribution < 1.29 is 5.11 Å². The van der Waals surface area contributed by atoms with Crippen molar-refractivity contribution in [1.29, 1.82) is 0 Å². The van der Waals surface area contributed by atoms with Gasteiger partial charge in [-0.25, -0.2) is 0 Å². The Labute approximate surface area is 80.6 Å². The molecule has 0 bridgehead atoms. The van der Waals surface area contributed by atoms with Crippen LogP contribution in [0.3, 0.4) is 0 Å². The van der Waals surface area contributed by atoms with Gasteiger partial charge in [0.1, 0.15) is 5.75 Å². The van der Waals surface area contributed by atoms with Crippen LogP contribution in [-0.4, -0.2) is 5.11 Å². The molecule has 2 nitrogen and oxygen atoms in total. The van der Waals surface area contributed by atoms with Crippen LogP contribution in [0, 0.1) is 0 Å². The molecular formula is C10H11NOS. The largest absolute Gasteiger partial charge is 0.508 e. The van der Waals surface area contributed by atoms with Gasteiger partial charge in [0.2, 0.25) is 0 Å². The zero-order valence-electron chi connectivity index (χ0n) is 7.32. The molecule has 13 heavy (non-hydrogen) atoms. The Bertz CT molecular complexity index is 433. The molecule has 0 saturated carbocycles. The number of nitrogens with two attached hydrogens (primary N) is 1. The molecule has 68 valence electrons. The summed E-state index contributed by atoms with van der Waals surface area (Å²) in [7, 11) is 0. The van der Waals surface area contributed by atoms with Gasteiger partial charge < -0.3 is 10.8 Å². The lowest BCUT2D eigenvalue weighted by Crippen LogP contribution is -2.03. The summed E-state index contributed by atoms with van der Waals surface area (Å²) in [4.78, 5) is 0. The zero-order valence-corrected chi connectivity index (χ0v) is 8.14. The minimum absolute atomic E-state index is 0.0237. The first-order valence-corrected chi connectivity index (χ1v) is 5.02. The molecule has 3 heteroatoms. The van der Waals surface area contributed by atoms with Crippen LogP contribution in [0.15, 0.2) is 23.6 Å². The molecule has 1 atom stereocenters. The summed E-state index contributed by atoms with van der Waals surface area (Å²) in [6.45, 7) is 1.95. The number of hydrogen-bond donors (Lipinski definition) is 2. The molecule has 0 spiro atoms. The van der Waals surface area contributed by atoms with E-state index in [1.165, 1.54) is 4.70 Å². The van der Waals surface area contributed by atoms with Gasteiger partial charge in [0.25, 0.3) is 0 Å². The first-order valence-electron chi connectivity index (χ1n) is 4.14. The molecule has 0 saturated heterocycles. The first-order chi connectivity index (χ1) is 6.18. The van der Waals surface area contributed by atoms with Crippen LogP contribution >= 0.6 is 11.3 Å². The monoisotopic (exact) mass is 193 g/mol. The van der Waals surface area contributed by atoms with Crippen LogP contribution in [0.25, 0.3) is 10.1 Å². The Morgan fingerprint density at radius 2 is 2.23 bits per heavy atom. The number of phenols is 1. The van der Waals surface area contributed by atoms with Crippen molar-refractivity contribution in [2.45, 2.75) is 13.0 Å². The fraction of sp³-hybridized carbons (Fsp3) is 0.200. The molecular weight excluding hydrogens is 182 g/mol. The normalized spacial score (nSPS) is 13.4. The van der Waals surface area contributed by atoms with Gasteiger partial charge in [-0.2, -0.15) is 0 Å². The van der Waals surface area contributed by atoms with Crippen LogP contribution in [0.5, 0.6) is 5.75 Å². The lowest BCUT2D eigenvalue weighted by molar-refractivity contribution is 0.476. The summed E-state index contributed by atoms with van der Waals surface area (Å²) in [5.74, 6) is 0.299. The Hall–Kier alpha value is -1.06. The molecule has 2 aromatic rings. The van der Waals surface area contributed by atoms with E-state index in [4.69, 9.17) is 5.73 Å². The van der Waals surface area contributed by atoms with E-state index in [0.717, 1.165) is 10.9 Å². The summed E-state index contributed by atoms with van der Waals surface area (Å²) in [5, 5.41) is 12.4. The number of rotatable bonds is 1. The molecule has 0 fully saturated rings. The standard InChI is InChI=1S/C10H11NOS/c1-6(11)9-5-13-10-3-2-7(12)4-8(9)10/h2-6,12H,11H2,1H3. The Morgan fingerprint density at radius 1 is 1.46 bits per heavy atom. The van der Waals surface area contributed by atoms with Crippen LogP contribution in [0.2, 0.25) is 0 Å². The maximum Gasteiger partial charge on any atom is 0.116 e. The molecule has 3 N–H and O–H groups in total. The van der Waals surface area contributed by atoms with Crippen LogP contribution in [0.4, 0.5) is 0 Å². The maximum atomic E-state index is 9.32. The summed E-state index contributed by atoms with van der Waals surface area (Å²) < 4.78 is 1.17. The summed E-state index contributed by atoms with van der Waals surface area (Å²) >= 11 is 1.66. The number of thiophene rings is 1. The van der Waals surface area contributed by atoms with Crippen LogP contribution < -0.4 is 5.73 Å². The SMILES string of the molecule is CC(N)c1csc2ccc(O)cc12. The van der Waals surface area contributed by atoms with Crippen molar-refractivity contribution in [3.8, 4) is 5.75 Å². The highest BCUT2D eigenvalue weighted by Crippen LogP contribution is 2.31. The lowest BCUT2D eigenvalue weighted by Gasteiger charge is -2.02. The van der Waals surface area contributed by atoms with E-state index >= 15 is 0 Å². The number of phenolic OH excluding ortho intramolecular Hbond substituents is 1. The molecule has 0 radical (unpaired) electrons. The highest BCUT2D eigenvalue weighted by atomic mass is 32.1. The number of fused-ring (bicyclic) bond motifs is 1. The third-order valence-electron chi connectivity index (χ3n) is 2.08. The summed E-state index contributed by atoms with van der Waals surface area (Å²) in [5.41, 5.74) is 6.91. The van der Waals surface area contributed by atoms with Gasteiger partial charge in [-0.3, -0.25) is 0 Å². The van der Waals surface area contributed by atoms with Crippen molar-refractivity contribution >= 4 is 21.4 Å². The minimum atomic E-state index is 0.0237. The third kappa shape index (κ3) is 1.41. The van der Waals surface area contributed by atoms with Crippen molar-refractivity contribution in [1.82, 2.24) is 0 Å². The number of aromatic hydroxyl groups is 1. The van der Waals surface area contributed by atoms with Crippen molar-refractivity contribution in [2.24, 2.45) is 5.73 Å². The topological polar surface area (TPSA) is 46.2 Å². The van der Waals surface area contributed by atoms with E-state index in [1.807, 2.05) is 13.0 Å². The van der Waals surface area contributed by atoms with Gasteiger partial charge in [-0.15, -0.1) is 11.3 Å². The predicted molar refractivity (Wildman–Crippen MR) is 56.1 cm³/mol. The summed E-state index contributed by atoms with van der Waals surface area (Å²) in [6, 6.07) is 5.41. The van der Waals surface area contributed by atoms with Gasteiger partial charge in [0, 0.05) is 16.1 Å². The van der Waals surface area contributed by atoms with Crippen molar-refractivity contribution in [3.05, 3.63) is 29.1 Å². The molecule has 2 rings (SSSR count). The quantitative estimate of drug-likeness (QED) is 0.731. The molecule has 0 amide bonds. The molecule has 0 aliphatic carbocycles. The minimum Gasteiger partial charge on any atom is -0.508 e. The number of benzene rings is 1. The second-order valence-electron chi connectivity index (χ2n) is 3.16. The second kappa shape index (κ2) is 3.01. The highest BCUT2D eigenvalue weighted by Gasteiger charge is 2.07. The molecule has 0 aliphatic rings. The Morgan fingerprint density at radius 3 is 2.92 bits per heavy atom. The summed E-state index contributed by atoms with van der Waals surface area (Å²) in [6.07, 6.45) is 0. The third-order valence-corrected chi connectivity index (χ3v) is 3.06. The van der Waals surface area contributed by atoms with Gasteiger partial charge >= 0.3 is 0 Å². The fourth-order valence-electron chi connectivity index (χ4n) is 1.39. The predicted octanol–water partition coefficient (Wildman–Crippen LogP) is 2.63. The first kappa shape index (κ1) is 8.53. The molecule has 1 aromatic heterocycles. The molecule has 1 heterocycles. The zero-order chi connectivity index (χ0) is 9.42. The van der Waals surface area contributed by atoms with E-state index in [0.29, 0.717) is 5.75 Å². The van der Waals surface area contributed by atoms with Crippen molar-refractivity contribution in [3.63, 3.8) is 0 Å². The maximum absolute atomic E-state index is 9.32. The van der Waals surface area contributed by atoms with Gasteiger partial charge in [0.05, 0.1) is 0 Å². The van der Waals surface area contributed by atoms with E-state index in [9.17, 15) is 5.11 Å². The van der Waals surface area contributed by atoms with Gasteiger partial charge in [0.15, 0.2) is 0 Å². The average molecular weight is 193 g/mol. The van der Waals surface area contributed by atoms with E-state index in [1.54, 1.807) is 23.5 Å². The molecule has 1 unspecified atom stereocenters. The van der Waals surface area contributed by atoms with Crippen molar-refractivity contribution in [2.75, 3.05) is 0 Å². The van der Waals surface area contributed by atoms with Gasteiger partial charge in [-0.1, -0.05) is 0 Å². The molecule has 0 aliphatic heterocycles. The molecule has 1 aromatic carbocycles. The Balaban J connectivity index is 2.71. The second-order valence-corrected chi connectivity index (χ2v) is 4.07.